The molecule has 11 heteroatoms. The van der Waals surface area contributed by atoms with Crippen LogP contribution in [0.25, 0.3) is 66.1 Å². The van der Waals surface area contributed by atoms with Crippen LogP contribution < -0.4 is 0 Å². The number of alkyl halides is 4. The number of rotatable bonds is 4. The van der Waals surface area contributed by atoms with Gasteiger partial charge in [-0.15, -0.1) is 0 Å². The number of hydrogen-bond acceptors (Lipinski definition) is 5. The highest BCUT2D eigenvalue weighted by atomic mass is 19.3. The smallest absolute Gasteiger partial charge is 0.284 e. The quantitative estimate of drug-likeness (QED) is 0.183. The maximum atomic E-state index is 13.5. The summed E-state index contributed by atoms with van der Waals surface area (Å²) < 4.78 is 56.0. The van der Waals surface area contributed by atoms with Gasteiger partial charge in [-0.3, -0.25) is 29.1 Å². The molecule has 0 aliphatic heterocycles. The van der Waals surface area contributed by atoms with Crippen LogP contribution in [0.3, 0.4) is 0 Å². The first-order valence-corrected chi connectivity index (χ1v) is 14.5. The molecule has 8 aromatic rings. The molecule has 230 valence electrons. The second-order valence-corrected chi connectivity index (χ2v) is 9.86. The van der Waals surface area contributed by atoms with Gasteiger partial charge < -0.3 is 0 Å². The van der Waals surface area contributed by atoms with E-state index in [2.05, 4.69) is 24.9 Å². The summed E-state index contributed by atoms with van der Waals surface area (Å²) in [6.07, 6.45) is 13.0. The average Bonchev–Trinajstić information content (AvgIpc) is 3.62. The zero-order chi connectivity index (χ0) is 32.2. The van der Waals surface area contributed by atoms with Gasteiger partial charge in [-0.05, 0) is 54.1 Å². The monoisotopic (exact) mass is 621 g/mol. The standard InChI is InChI=1S/C17H11F2N3.C16H10F2N4.C2H6/c18-17(19)22-15-5-7-21-10-14(15)13-4-3-11(8-16(13)22)12-2-1-6-20-9-12;17-16(18)22-14-5-7-20-9-12(14)11-3-4-13(21-15(11)22)10-2-1-6-19-8-10;1-2/h1-10,17H;1-9,16H;1-2H3. The van der Waals surface area contributed by atoms with Gasteiger partial charge in [0, 0.05) is 82.2 Å². The lowest BCUT2D eigenvalue weighted by Gasteiger charge is -2.06. The Labute approximate surface area is 260 Å². The second kappa shape index (κ2) is 13.1. The van der Waals surface area contributed by atoms with Crippen LogP contribution in [0.4, 0.5) is 17.6 Å². The zero-order valence-corrected chi connectivity index (χ0v) is 24.8. The van der Waals surface area contributed by atoms with Crippen molar-refractivity contribution in [3.8, 4) is 22.4 Å². The summed E-state index contributed by atoms with van der Waals surface area (Å²) >= 11 is 0. The summed E-state index contributed by atoms with van der Waals surface area (Å²) in [5.41, 5.74) is 4.82. The van der Waals surface area contributed by atoms with E-state index < -0.39 is 13.1 Å². The third kappa shape index (κ3) is 5.51. The number of nitrogens with zero attached hydrogens (tertiary/aromatic N) is 7. The van der Waals surface area contributed by atoms with Crippen LogP contribution in [0, 0.1) is 0 Å². The Morgan fingerprint density at radius 1 is 0.500 bits per heavy atom. The van der Waals surface area contributed by atoms with E-state index in [9.17, 15) is 17.6 Å². The normalized spacial score (nSPS) is 11.2. The lowest BCUT2D eigenvalue weighted by Crippen LogP contribution is -1.99. The molecule has 0 aliphatic rings. The summed E-state index contributed by atoms with van der Waals surface area (Å²) in [7, 11) is 0. The molecule has 7 heterocycles. The van der Waals surface area contributed by atoms with Gasteiger partial charge in [0.15, 0.2) is 0 Å². The van der Waals surface area contributed by atoms with Gasteiger partial charge >= 0.3 is 13.1 Å². The Morgan fingerprint density at radius 3 is 1.67 bits per heavy atom. The minimum absolute atomic E-state index is 0.249. The minimum Gasteiger partial charge on any atom is -0.284 e. The number of hydrogen-bond donors (Lipinski definition) is 0. The first kappa shape index (κ1) is 30.3. The molecule has 0 unspecified atom stereocenters. The summed E-state index contributed by atoms with van der Waals surface area (Å²) in [5, 5.41) is 2.84. The van der Waals surface area contributed by atoms with Gasteiger partial charge in [-0.2, -0.15) is 17.6 Å². The van der Waals surface area contributed by atoms with E-state index in [0.717, 1.165) is 36.6 Å². The van der Waals surface area contributed by atoms with Crippen molar-refractivity contribution in [1.29, 1.82) is 0 Å². The fraction of sp³-hybridized carbons (Fsp3) is 0.114. The Balaban J connectivity index is 0.000000153. The SMILES string of the molecule is CC.FC(F)n1c2ccncc2c2ccc(-c3cccnc3)cc21.FC(F)n1c2ccncc2c2ccc(-c3cccnc3)nc21. The van der Waals surface area contributed by atoms with Crippen LogP contribution in [-0.2, 0) is 0 Å². The number of pyridine rings is 5. The summed E-state index contributed by atoms with van der Waals surface area (Å²) in [6.45, 7) is -1.27. The van der Waals surface area contributed by atoms with Crippen molar-refractivity contribution in [2.24, 2.45) is 0 Å². The van der Waals surface area contributed by atoms with Crippen LogP contribution in [0.2, 0.25) is 0 Å². The second-order valence-electron chi connectivity index (χ2n) is 9.86. The molecule has 0 saturated heterocycles. The molecule has 1 aromatic carbocycles. The van der Waals surface area contributed by atoms with Crippen molar-refractivity contribution < 1.29 is 17.6 Å². The molecule has 0 atom stereocenters. The van der Waals surface area contributed by atoms with Gasteiger partial charge in [0.05, 0.1) is 22.2 Å². The topological polar surface area (TPSA) is 74.3 Å². The average molecular weight is 622 g/mol. The largest absolute Gasteiger partial charge is 0.320 e. The number of fused-ring (bicyclic) bond motifs is 6. The van der Waals surface area contributed by atoms with E-state index in [0.29, 0.717) is 33.0 Å². The Bertz CT molecular complexity index is 2090. The number of aromatic nitrogens is 7. The number of halogens is 4. The summed E-state index contributed by atoms with van der Waals surface area (Å²) in [5.74, 6) is 0. The van der Waals surface area contributed by atoms with E-state index in [1.54, 1.807) is 67.5 Å². The van der Waals surface area contributed by atoms with Crippen molar-refractivity contribution in [3.05, 3.63) is 116 Å². The van der Waals surface area contributed by atoms with Crippen molar-refractivity contribution in [1.82, 2.24) is 34.1 Å². The Kier molecular flexibility index (Phi) is 8.64. The van der Waals surface area contributed by atoms with Crippen LogP contribution in [-0.4, -0.2) is 34.1 Å². The molecule has 0 bridgehead atoms. The van der Waals surface area contributed by atoms with Crippen molar-refractivity contribution in [3.63, 3.8) is 0 Å². The van der Waals surface area contributed by atoms with Gasteiger partial charge in [0.2, 0.25) is 0 Å². The van der Waals surface area contributed by atoms with E-state index in [1.807, 2.05) is 50.2 Å². The first-order valence-electron chi connectivity index (χ1n) is 14.5. The molecule has 8 rings (SSSR count). The predicted molar refractivity (Wildman–Crippen MR) is 173 cm³/mol. The van der Waals surface area contributed by atoms with E-state index in [4.69, 9.17) is 0 Å². The van der Waals surface area contributed by atoms with E-state index in [1.165, 1.54) is 12.4 Å². The first-order chi connectivity index (χ1) is 22.5. The van der Waals surface area contributed by atoms with Crippen LogP contribution >= 0.6 is 0 Å². The third-order valence-electron chi connectivity index (χ3n) is 7.40. The van der Waals surface area contributed by atoms with Crippen molar-refractivity contribution >= 4 is 43.7 Å². The van der Waals surface area contributed by atoms with Crippen LogP contribution in [0.5, 0.6) is 0 Å². The molecule has 0 N–H and O–H groups in total. The summed E-state index contributed by atoms with van der Waals surface area (Å²) in [4.78, 5) is 20.6. The van der Waals surface area contributed by atoms with E-state index >= 15 is 0 Å². The molecular weight excluding hydrogens is 594 g/mol. The van der Waals surface area contributed by atoms with Crippen molar-refractivity contribution in [2.45, 2.75) is 26.9 Å². The van der Waals surface area contributed by atoms with Gasteiger partial charge in [0.1, 0.15) is 5.65 Å². The highest BCUT2D eigenvalue weighted by Crippen LogP contribution is 2.35. The maximum absolute atomic E-state index is 13.5. The molecule has 0 amide bonds. The lowest BCUT2D eigenvalue weighted by atomic mass is 10.1. The maximum Gasteiger partial charge on any atom is 0.320 e. The molecular formula is C35H27F4N7. The van der Waals surface area contributed by atoms with Crippen LogP contribution in [0.1, 0.15) is 26.9 Å². The predicted octanol–water partition coefficient (Wildman–Crippen LogP) is 9.71. The fourth-order valence-corrected chi connectivity index (χ4v) is 5.45. The Hall–Kier alpha value is -5.71. The highest BCUT2D eigenvalue weighted by molar-refractivity contribution is 6.09. The summed E-state index contributed by atoms with van der Waals surface area (Å²) in [6, 6.07) is 19.7. The third-order valence-corrected chi connectivity index (χ3v) is 7.40. The molecule has 7 aromatic heterocycles. The molecule has 0 fully saturated rings. The molecule has 7 nitrogen and oxygen atoms in total. The van der Waals surface area contributed by atoms with Gasteiger partial charge in [-0.1, -0.05) is 32.0 Å². The lowest BCUT2D eigenvalue weighted by molar-refractivity contribution is 0.0787. The fourth-order valence-electron chi connectivity index (χ4n) is 5.45. The number of benzene rings is 1. The van der Waals surface area contributed by atoms with Crippen molar-refractivity contribution in [2.75, 3.05) is 0 Å². The molecule has 0 aliphatic carbocycles. The van der Waals surface area contributed by atoms with Gasteiger partial charge in [-0.25, -0.2) is 4.98 Å². The molecule has 0 saturated carbocycles. The molecule has 0 spiro atoms. The zero-order valence-electron chi connectivity index (χ0n) is 24.8. The minimum atomic E-state index is -2.67. The van der Waals surface area contributed by atoms with Crippen LogP contribution in [0.15, 0.2) is 116 Å². The molecule has 46 heavy (non-hydrogen) atoms. The molecule has 0 radical (unpaired) electrons. The van der Waals surface area contributed by atoms with Gasteiger partial charge in [0.25, 0.3) is 0 Å². The Morgan fingerprint density at radius 2 is 1.07 bits per heavy atom. The highest BCUT2D eigenvalue weighted by Gasteiger charge is 2.19. The van der Waals surface area contributed by atoms with E-state index in [-0.39, 0.29) is 5.65 Å².